The van der Waals surface area contributed by atoms with Crippen LogP contribution in [0.3, 0.4) is 0 Å². The van der Waals surface area contributed by atoms with E-state index in [1.807, 2.05) is 25.1 Å². The highest BCUT2D eigenvalue weighted by Gasteiger charge is 2.49. The van der Waals surface area contributed by atoms with Gasteiger partial charge in [-0.25, -0.2) is 4.57 Å². The van der Waals surface area contributed by atoms with Gasteiger partial charge in [0, 0.05) is 6.07 Å². The van der Waals surface area contributed by atoms with Crippen molar-refractivity contribution < 1.29 is 47.5 Å². The molecule has 1 fully saturated rings. The minimum atomic E-state index is -4.26. The quantitative estimate of drug-likeness (QED) is 0.140. The monoisotopic (exact) mass is 586 g/mol. The molecule has 1 amide bonds. The Morgan fingerprint density at radius 2 is 1.78 bits per heavy atom. The minimum Gasteiger partial charge on any atom is -0.460 e. The van der Waals surface area contributed by atoms with Gasteiger partial charge in [-0.3, -0.25) is 14.1 Å². The molecule has 13 heteroatoms. The first-order chi connectivity index (χ1) is 19.5. The van der Waals surface area contributed by atoms with Gasteiger partial charge in [0.1, 0.15) is 36.2 Å². The Morgan fingerprint density at radius 3 is 2.46 bits per heavy atom. The number of rotatable bonds is 12. The van der Waals surface area contributed by atoms with Crippen LogP contribution in [0, 0.1) is 6.92 Å². The third-order valence-electron chi connectivity index (χ3n) is 6.32. The Hall–Kier alpha value is -3.64. The summed E-state index contributed by atoms with van der Waals surface area (Å²) in [5.74, 6) is -1.16. The van der Waals surface area contributed by atoms with Crippen molar-refractivity contribution in [3.63, 3.8) is 0 Å². The summed E-state index contributed by atoms with van der Waals surface area (Å²) in [6.07, 6.45) is -2.17. The largest absolute Gasteiger partial charge is 0.460 e. The molecular weight excluding hydrogens is 553 g/mol. The van der Waals surface area contributed by atoms with Crippen LogP contribution in [0.25, 0.3) is 0 Å². The number of hydrogen-bond acceptors (Lipinski definition) is 9. The number of primary amides is 1. The van der Waals surface area contributed by atoms with Crippen LogP contribution in [0.5, 0.6) is 5.75 Å². The van der Waals surface area contributed by atoms with E-state index in [0.29, 0.717) is 0 Å². The Kier molecular flexibility index (Phi) is 9.87. The van der Waals surface area contributed by atoms with E-state index in [9.17, 15) is 24.4 Å². The molecule has 12 nitrogen and oxygen atoms in total. The number of ether oxygens (including phenoxy) is 2. The predicted octanol–water partition coefficient (Wildman–Crippen LogP) is 1.93. The van der Waals surface area contributed by atoms with Gasteiger partial charge in [0.2, 0.25) is 0 Å². The molecule has 2 heterocycles. The van der Waals surface area contributed by atoms with Gasteiger partial charge in [0.25, 0.3) is 12.1 Å². The number of aromatic nitrogens is 1. The molecule has 1 aromatic heterocycles. The fourth-order valence-electron chi connectivity index (χ4n) is 4.05. The first-order valence-electron chi connectivity index (χ1n) is 12.9. The van der Waals surface area contributed by atoms with Gasteiger partial charge in [0.05, 0.1) is 6.61 Å². The average molecular weight is 587 g/mol. The van der Waals surface area contributed by atoms with Crippen molar-refractivity contribution in [2.45, 2.75) is 51.0 Å². The van der Waals surface area contributed by atoms with Crippen molar-refractivity contribution >= 4 is 19.6 Å². The maximum atomic E-state index is 13.9. The van der Waals surface area contributed by atoms with Crippen LogP contribution < -0.4 is 19.9 Å². The summed E-state index contributed by atoms with van der Waals surface area (Å²) in [5.41, 5.74) is 7.23. The molecule has 4 rings (SSSR count). The molecule has 0 aliphatic carbocycles. The molecule has 5 N–H and O–H groups in total. The molecule has 218 valence electrons. The lowest BCUT2D eigenvalue weighted by atomic mass is 10.1. The van der Waals surface area contributed by atoms with Crippen LogP contribution in [-0.4, -0.2) is 53.1 Å². The second-order valence-electron chi connectivity index (χ2n) is 9.59. The third-order valence-corrected chi connectivity index (χ3v) is 7.97. The number of benzene rings is 2. The molecule has 0 bridgehead atoms. The highest BCUT2D eigenvalue weighted by Crippen LogP contribution is 2.46. The normalized spacial score (nSPS) is 22.4. The summed E-state index contributed by atoms with van der Waals surface area (Å²) in [6.45, 7) is 2.87. The second-order valence-corrected chi connectivity index (χ2v) is 11.3. The molecule has 2 aromatic carbocycles. The van der Waals surface area contributed by atoms with E-state index >= 15 is 0 Å². The predicted molar refractivity (Wildman–Crippen MR) is 145 cm³/mol. The van der Waals surface area contributed by atoms with Crippen LogP contribution >= 0.6 is 7.75 Å². The van der Waals surface area contributed by atoms with Gasteiger partial charge in [0.15, 0.2) is 18.5 Å². The van der Waals surface area contributed by atoms with E-state index in [1.54, 1.807) is 36.4 Å². The molecule has 6 atom stereocenters. The highest BCUT2D eigenvalue weighted by atomic mass is 31.2. The van der Waals surface area contributed by atoms with E-state index in [-0.39, 0.29) is 17.9 Å². The van der Waals surface area contributed by atoms with Crippen molar-refractivity contribution in [3.05, 3.63) is 95.8 Å². The van der Waals surface area contributed by atoms with Gasteiger partial charge >= 0.3 is 13.7 Å². The molecule has 1 aliphatic rings. The number of nitrogens with zero attached hydrogens (tertiary/aromatic N) is 1. The maximum absolute atomic E-state index is 13.9. The van der Waals surface area contributed by atoms with E-state index < -0.39 is 56.8 Å². The zero-order chi connectivity index (χ0) is 29.6. The van der Waals surface area contributed by atoms with Crippen LogP contribution in [0.2, 0.25) is 0 Å². The first kappa shape index (κ1) is 30.3. The van der Waals surface area contributed by atoms with Crippen molar-refractivity contribution in [1.82, 2.24) is 5.09 Å². The zero-order valence-corrected chi connectivity index (χ0v) is 23.4. The van der Waals surface area contributed by atoms with Gasteiger partial charge in [-0.2, -0.15) is 9.65 Å². The van der Waals surface area contributed by atoms with Crippen molar-refractivity contribution in [2.75, 3.05) is 6.61 Å². The number of amides is 1. The summed E-state index contributed by atoms with van der Waals surface area (Å²) in [4.78, 5) is 24.2. The third kappa shape index (κ3) is 7.98. The molecule has 41 heavy (non-hydrogen) atoms. The van der Waals surface area contributed by atoms with Gasteiger partial charge in [-0.05, 0) is 37.6 Å². The highest BCUT2D eigenvalue weighted by molar-refractivity contribution is 7.52. The lowest BCUT2D eigenvalue weighted by Crippen LogP contribution is -2.46. The summed E-state index contributed by atoms with van der Waals surface area (Å²) >= 11 is 0. The van der Waals surface area contributed by atoms with Crippen LogP contribution in [-0.2, 0) is 30.0 Å². The Balaban J connectivity index is 1.45. The number of esters is 1. The average Bonchev–Trinajstić information content (AvgIpc) is 3.25. The molecule has 0 radical (unpaired) electrons. The fraction of sp³-hybridized carbons (Fsp3) is 0.321. The second kappa shape index (κ2) is 13.3. The maximum Gasteiger partial charge on any atom is 0.459 e. The molecule has 0 saturated carbocycles. The topological polar surface area (TPSA) is 171 Å². The number of pyridine rings is 1. The number of carbonyl (C=O) groups is 2. The molecule has 3 unspecified atom stereocenters. The zero-order valence-electron chi connectivity index (χ0n) is 22.5. The summed E-state index contributed by atoms with van der Waals surface area (Å²) in [7, 11) is -4.26. The Morgan fingerprint density at radius 1 is 1.07 bits per heavy atom. The van der Waals surface area contributed by atoms with E-state index in [2.05, 4.69) is 5.09 Å². The number of aliphatic hydroxyl groups excluding tert-OH is 2. The number of hydrogen-bond donors (Lipinski definition) is 4. The van der Waals surface area contributed by atoms with Crippen LogP contribution in [0.15, 0.2) is 79.1 Å². The Labute approximate surface area is 237 Å². The lowest BCUT2D eigenvalue weighted by Gasteiger charge is -2.24. The fourth-order valence-corrected chi connectivity index (χ4v) is 5.56. The molecule has 3 aromatic rings. The van der Waals surface area contributed by atoms with Crippen molar-refractivity contribution in [2.24, 2.45) is 5.73 Å². The van der Waals surface area contributed by atoms with E-state index in [0.717, 1.165) is 11.1 Å². The first-order valence-corrected chi connectivity index (χ1v) is 14.4. The van der Waals surface area contributed by atoms with Crippen LogP contribution in [0.1, 0.15) is 34.6 Å². The Bertz CT molecular complexity index is 1390. The van der Waals surface area contributed by atoms with E-state index in [1.165, 1.54) is 36.0 Å². The lowest BCUT2D eigenvalue weighted by molar-refractivity contribution is -0.765. The number of nitrogens with one attached hydrogen (secondary N) is 1. The van der Waals surface area contributed by atoms with E-state index in [4.69, 9.17) is 24.3 Å². The molecular formula is C28H33N3O9P+. The number of carbonyl (C=O) groups excluding carboxylic acids is 2. The molecule has 1 aliphatic heterocycles. The van der Waals surface area contributed by atoms with Crippen molar-refractivity contribution in [3.8, 4) is 5.75 Å². The smallest absolute Gasteiger partial charge is 0.459 e. The minimum absolute atomic E-state index is 0.0195. The van der Waals surface area contributed by atoms with Gasteiger partial charge < -0.3 is 29.9 Å². The standard InChI is InChI=1S/C28H32N3O9P/c1-18-10-12-22(13-11-18)40-41(36,30-19(2)28(35)37-16-20-7-4-3-5-8-20)38-17-23-24(32)25(33)27(39-23)31-14-6-9-21(15-31)26(29)34/h3-15,19,23-25,27,32-33H,16-17H2,1-2H3,(H2-,29,30,34,36)/p+1/t19-,23+,24?,25?,27+,41?/m0/s1. The van der Waals surface area contributed by atoms with Gasteiger partial charge in [-0.15, -0.1) is 0 Å². The number of aliphatic hydroxyl groups is 2. The van der Waals surface area contributed by atoms with Crippen molar-refractivity contribution in [1.29, 1.82) is 0 Å². The van der Waals surface area contributed by atoms with Gasteiger partial charge in [-0.1, -0.05) is 48.0 Å². The number of aryl methyl sites for hydroxylation is 1. The molecule has 1 saturated heterocycles. The summed E-state index contributed by atoms with van der Waals surface area (Å²) in [5, 5.41) is 23.9. The SMILES string of the molecule is Cc1ccc(OP(=O)(N[C@@H](C)C(=O)OCc2ccccc2)OC[C@H]2O[C@@H]([n+]3cccc(C(N)=O)c3)C(O)C2O)cc1. The number of nitrogens with two attached hydrogens (primary N) is 1. The summed E-state index contributed by atoms with van der Waals surface area (Å²) < 4.78 is 37.7. The molecule has 0 spiro atoms. The van der Waals surface area contributed by atoms with Crippen LogP contribution in [0.4, 0.5) is 0 Å². The summed E-state index contributed by atoms with van der Waals surface area (Å²) in [6, 6.07) is 17.7.